The molecule has 0 aliphatic rings. The highest BCUT2D eigenvalue weighted by molar-refractivity contribution is 6.39. The number of hydrogen-bond donors (Lipinski definition) is 2. The standard InChI is InChI=1S/C20H17N5O2/c1-14(15-8-4-2-5-9-15)23-19(26)20(27)24-18-16(12-21)13-22-25(18)17-10-6-3-7-11-17/h2-11,13-14H,1H3,(H,23,26)(H,24,27)/t14-/m0/s1. The lowest BCUT2D eigenvalue weighted by molar-refractivity contribution is -0.136. The highest BCUT2D eigenvalue weighted by Gasteiger charge is 2.21. The molecule has 0 spiro atoms. The van der Waals surface area contributed by atoms with Gasteiger partial charge in [0.2, 0.25) is 0 Å². The Morgan fingerprint density at radius 2 is 1.67 bits per heavy atom. The number of nitriles is 1. The van der Waals surface area contributed by atoms with E-state index in [9.17, 15) is 14.9 Å². The van der Waals surface area contributed by atoms with E-state index >= 15 is 0 Å². The Bertz CT molecular complexity index is 990. The molecular weight excluding hydrogens is 342 g/mol. The summed E-state index contributed by atoms with van der Waals surface area (Å²) in [6, 6.07) is 20.0. The smallest absolute Gasteiger partial charge is 0.314 e. The van der Waals surface area contributed by atoms with Gasteiger partial charge in [0.1, 0.15) is 11.6 Å². The summed E-state index contributed by atoms with van der Waals surface area (Å²) in [6.07, 6.45) is 1.34. The van der Waals surface area contributed by atoms with Crippen molar-refractivity contribution in [3.05, 3.63) is 78.0 Å². The molecular formula is C20H17N5O2. The van der Waals surface area contributed by atoms with Gasteiger partial charge in [-0.3, -0.25) is 9.59 Å². The molecule has 1 atom stereocenters. The molecule has 3 aromatic rings. The molecule has 2 N–H and O–H groups in total. The molecule has 0 radical (unpaired) electrons. The largest absolute Gasteiger partial charge is 0.341 e. The minimum Gasteiger partial charge on any atom is -0.341 e. The number of nitrogens with one attached hydrogen (secondary N) is 2. The van der Waals surface area contributed by atoms with E-state index in [1.165, 1.54) is 10.9 Å². The number of nitrogens with zero attached hydrogens (tertiary/aromatic N) is 3. The number of anilines is 1. The zero-order valence-corrected chi connectivity index (χ0v) is 14.6. The van der Waals surface area contributed by atoms with Crippen LogP contribution < -0.4 is 10.6 Å². The molecule has 0 bridgehead atoms. The van der Waals surface area contributed by atoms with E-state index in [1.54, 1.807) is 19.1 Å². The second-order valence-corrected chi connectivity index (χ2v) is 5.83. The van der Waals surface area contributed by atoms with Gasteiger partial charge in [-0.1, -0.05) is 48.5 Å². The molecule has 3 rings (SSSR count). The van der Waals surface area contributed by atoms with Crippen LogP contribution in [0.15, 0.2) is 66.9 Å². The lowest BCUT2D eigenvalue weighted by atomic mass is 10.1. The van der Waals surface area contributed by atoms with Crippen molar-refractivity contribution in [1.82, 2.24) is 15.1 Å². The van der Waals surface area contributed by atoms with Crippen LogP contribution in [0, 0.1) is 11.3 Å². The summed E-state index contributed by atoms with van der Waals surface area (Å²) in [5.41, 5.74) is 1.70. The van der Waals surface area contributed by atoms with Crippen LogP contribution in [-0.2, 0) is 9.59 Å². The predicted octanol–water partition coefficient (Wildman–Crippen LogP) is 2.56. The summed E-state index contributed by atoms with van der Waals surface area (Å²) >= 11 is 0. The summed E-state index contributed by atoms with van der Waals surface area (Å²) in [5, 5.41) is 18.5. The quantitative estimate of drug-likeness (QED) is 0.699. The fourth-order valence-corrected chi connectivity index (χ4v) is 2.57. The summed E-state index contributed by atoms with van der Waals surface area (Å²) in [4.78, 5) is 24.6. The first kappa shape index (κ1) is 17.9. The van der Waals surface area contributed by atoms with Gasteiger partial charge in [-0.05, 0) is 24.6 Å². The second-order valence-electron chi connectivity index (χ2n) is 5.83. The van der Waals surface area contributed by atoms with Crippen molar-refractivity contribution in [2.24, 2.45) is 0 Å². The molecule has 0 saturated heterocycles. The van der Waals surface area contributed by atoms with Gasteiger partial charge in [-0.25, -0.2) is 4.68 Å². The molecule has 2 aromatic carbocycles. The molecule has 0 unspecified atom stereocenters. The van der Waals surface area contributed by atoms with Crippen molar-refractivity contribution in [3.8, 4) is 11.8 Å². The molecule has 1 heterocycles. The second kappa shape index (κ2) is 7.97. The molecule has 0 aliphatic carbocycles. The van der Waals surface area contributed by atoms with Gasteiger partial charge in [0.05, 0.1) is 17.9 Å². The van der Waals surface area contributed by atoms with E-state index in [0.717, 1.165) is 5.56 Å². The van der Waals surface area contributed by atoms with Gasteiger partial charge < -0.3 is 10.6 Å². The Balaban J connectivity index is 1.77. The van der Waals surface area contributed by atoms with E-state index in [1.807, 2.05) is 54.6 Å². The van der Waals surface area contributed by atoms with Gasteiger partial charge >= 0.3 is 11.8 Å². The maximum Gasteiger partial charge on any atom is 0.314 e. The first-order valence-electron chi connectivity index (χ1n) is 8.30. The van der Waals surface area contributed by atoms with Crippen molar-refractivity contribution in [1.29, 1.82) is 5.26 Å². The average Bonchev–Trinajstić information content (AvgIpc) is 3.11. The van der Waals surface area contributed by atoms with E-state index in [4.69, 9.17) is 0 Å². The third-order valence-corrected chi connectivity index (χ3v) is 3.98. The maximum absolute atomic E-state index is 12.4. The van der Waals surface area contributed by atoms with Crippen molar-refractivity contribution in [2.45, 2.75) is 13.0 Å². The number of benzene rings is 2. The molecule has 134 valence electrons. The summed E-state index contributed by atoms with van der Waals surface area (Å²) in [5.74, 6) is -1.51. The van der Waals surface area contributed by atoms with Crippen molar-refractivity contribution in [3.63, 3.8) is 0 Å². The van der Waals surface area contributed by atoms with Crippen LogP contribution >= 0.6 is 0 Å². The van der Waals surface area contributed by atoms with E-state index in [-0.39, 0.29) is 17.4 Å². The molecule has 7 nitrogen and oxygen atoms in total. The Kier molecular flexibility index (Phi) is 5.28. The van der Waals surface area contributed by atoms with Gasteiger partial charge in [-0.2, -0.15) is 10.4 Å². The minimum absolute atomic E-state index is 0.149. The number of carbonyl (C=O) groups excluding carboxylic acids is 2. The molecule has 0 aliphatic heterocycles. The lowest BCUT2D eigenvalue weighted by Gasteiger charge is -2.14. The van der Waals surface area contributed by atoms with Gasteiger partial charge in [0.25, 0.3) is 0 Å². The molecule has 2 amide bonds. The fourth-order valence-electron chi connectivity index (χ4n) is 2.57. The monoisotopic (exact) mass is 359 g/mol. The number of aromatic nitrogens is 2. The topological polar surface area (TPSA) is 99.8 Å². The van der Waals surface area contributed by atoms with Crippen LogP contribution in [0.3, 0.4) is 0 Å². The molecule has 7 heteroatoms. The zero-order valence-electron chi connectivity index (χ0n) is 14.6. The van der Waals surface area contributed by atoms with E-state index in [0.29, 0.717) is 5.69 Å². The van der Waals surface area contributed by atoms with Crippen molar-refractivity contribution < 1.29 is 9.59 Å². The number of para-hydroxylation sites is 1. The van der Waals surface area contributed by atoms with Crippen LogP contribution in [-0.4, -0.2) is 21.6 Å². The third-order valence-electron chi connectivity index (χ3n) is 3.98. The van der Waals surface area contributed by atoms with Crippen LogP contribution in [0.4, 0.5) is 5.82 Å². The van der Waals surface area contributed by atoms with Crippen LogP contribution in [0.25, 0.3) is 5.69 Å². The Morgan fingerprint density at radius 1 is 1.04 bits per heavy atom. The van der Waals surface area contributed by atoms with Crippen molar-refractivity contribution in [2.75, 3.05) is 5.32 Å². The van der Waals surface area contributed by atoms with E-state index in [2.05, 4.69) is 15.7 Å². The summed E-state index contributed by atoms with van der Waals surface area (Å²) < 4.78 is 1.41. The average molecular weight is 359 g/mol. The highest BCUT2D eigenvalue weighted by atomic mass is 16.2. The number of hydrogen-bond acceptors (Lipinski definition) is 4. The number of rotatable bonds is 4. The fraction of sp³-hybridized carbons (Fsp3) is 0.100. The molecule has 0 saturated carbocycles. The van der Waals surface area contributed by atoms with Gasteiger partial charge in [0, 0.05) is 0 Å². The predicted molar refractivity (Wildman–Crippen MR) is 99.9 cm³/mol. The number of carbonyl (C=O) groups is 2. The lowest BCUT2D eigenvalue weighted by Crippen LogP contribution is -2.37. The minimum atomic E-state index is -0.869. The first-order valence-corrected chi connectivity index (χ1v) is 8.30. The molecule has 1 aromatic heterocycles. The SMILES string of the molecule is C[C@H](NC(=O)C(=O)Nc1c(C#N)cnn1-c1ccccc1)c1ccccc1. The summed E-state index contributed by atoms with van der Waals surface area (Å²) in [6.45, 7) is 1.79. The first-order chi connectivity index (χ1) is 13.1. The van der Waals surface area contributed by atoms with Crippen molar-refractivity contribution >= 4 is 17.6 Å². The van der Waals surface area contributed by atoms with Crippen LogP contribution in [0.2, 0.25) is 0 Å². The van der Waals surface area contributed by atoms with E-state index < -0.39 is 11.8 Å². The van der Waals surface area contributed by atoms with Gasteiger partial charge in [-0.15, -0.1) is 0 Å². The Hall–Kier alpha value is -3.92. The third kappa shape index (κ3) is 4.02. The summed E-state index contributed by atoms with van der Waals surface area (Å²) in [7, 11) is 0. The van der Waals surface area contributed by atoms with Crippen LogP contribution in [0.5, 0.6) is 0 Å². The Morgan fingerprint density at radius 3 is 2.30 bits per heavy atom. The normalized spacial score (nSPS) is 11.3. The maximum atomic E-state index is 12.4. The van der Waals surface area contributed by atoms with Gasteiger partial charge in [0.15, 0.2) is 5.82 Å². The van der Waals surface area contributed by atoms with Crippen LogP contribution in [0.1, 0.15) is 24.1 Å². The zero-order chi connectivity index (χ0) is 19.2. The highest BCUT2D eigenvalue weighted by Crippen LogP contribution is 2.19. The molecule has 0 fully saturated rings. The molecule has 27 heavy (non-hydrogen) atoms. The Labute approximate surface area is 156 Å². The number of amides is 2.